The highest BCUT2D eigenvalue weighted by molar-refractivity contribution is 7.10. The van der Waals surface area contributed by atoms with Gasteiger partial charge in [0.15, 0.2) is 5.78 Å². The van der Waals surface area contributed by atoms with Crippen LogP contribution in [0.25, 0.3) is 0 Å². The van der Waals surface area contributed by atoms with Gasteiger partial charge in [0.1, 0.15) is 0 Å². The first-order valence-electron chi connectivity index (χ1n) is 25.4. The number of nitrogens with zero attached hydrogens (tertiary/aromatic N) is 6. The molecule has 16 heteroatoms. The Kier molecular flexibility index (Phi) is 22.3. The average molecular weight is 999 g/mol. The van der Waals surface area contributed by atoms with Crippen molar-refractivity contribution in [1.29, 1.82) is 0 Å². The Morgan fingerprint density at radius 3 is 1.69 bits per heavy atom. The molecule has 70 heavy (non-hydrogen) atoms. The number of amides is 4. The van der Waals surface area contributed by atoms with Gasteiger partial charge in [0, 0.05) is 94.2 Å². The Morgan fingerprint density at radius 1 is 0.643 bits per heavy atom. The summed E-state index contributed by atoms with van der Waals surface area (Å²) in [4.78, 5) is 74.6. The van der Waals surface area contributed by atoms with E-state index in [9.17, 15) is 19.2 Å². The molecule has 0 aliphatic carbocycles. The topological polar surface area (TPSA) is 150 Å². The Labute approximate surface area is 424 Å². The van der Waals surface area contributed by atoms with Crippen molar-refractivity contribution in [2.24, 2.45) is 11.8 Å². The number of thiazole rings is 2. The van der Waals surface area contributed by atoms with Crippen LogP contribution in [0.15, 0.2) is 71.4 Å². The summed E-state index contributed by atoms with van der Waals surface area (Å²) in [5.41, 5.74) is 3.92. The van der Waals surface area contributed by atoms with Gasteiger partial charge in [-0.2, -0.15) is 0 Å². The average Bonchev–Trinajstić information content (AvgIpc) is 4.05. The van der Waals surface area contributed by atoms with Gasteiger partial charge in [0.05, 0.1) is 67.0 Å². The van der Waals surface area contributed by atoms with Crippen molar-refractivity contribution in [3.05, 3.63) is 104 Å². The number of Topliss-reactive ketones (excluding diaryl/α,β-unsaturated/α-hetero) is 1. The zero-order chi connectivity index (χ0) is 49.8. The van der Waals surface area contributed by atoms with Gasteiger partial charge in [0.25, 0.3) is 0 Å². The van der Waals surface area contributed by atoms with Gasteiger partial charge in [-0.1, -0.05) is 88.4 Å². The van der Waals surface area contributed by atoms with Gasteiger partial charge >= 0.3 is 6.03 Å². The van der Waals surface area contributed by atoms with Crippen molar-refractivity contribution < 1.29 is 28.7 Å². The number of ketones is 1. The van der Waals surface area contributed by atoms with Crippen molar-refractivity contribution in [1.82, 2.24) is 40.2 Å². The van der Waals surface area contributed by atoms with Crippen LogP contribution in [-0.4, -0.2) is 145 Å². The number of aromatic nitrogens is 2. The minimum Gasteiger partial charge on any atom is -0.379 e. The molecule has 2 aromatic heterocycles. The molecule has 0 saturated carbocycles. The molecule has 2 N–H and O–H groups in total. The van der Waals surface area contributed by atoms with E-state index in [0.717, 1.165) is 58.7 Å². The van der Waals surface area contributed by atoms with Gasteiger partial charge in [-0.3, -0.25) is 24.2 Å². The summed E-state index contributed by atoms with van der Waals surface area (Å²) in [6.45, 7) is 16.3. The molecule has 4 atom stereocenters. The molecule has 4 amide bonds. The maximum absolute atomic E-state index is 14.7. The smallest absolute Gasteiger partial charge is 0.318 e. The second kappa shape index (κ2) is 28.5. The van der Waals surface area contributed by atoms with Crippen LogP contribution in [0.1, 0.15) is 111 Å². The Morgan fingerprint density at radius 2 is 1.16 bits per heavy atom. The highest BCUT2D eigenvalue weighted by Gasteiger charge is 2.30. The van der Waals surface area contributed by atoms with E-state index in [2.05, 4.69) is 72.4 Å². The lowest BCUT2D eigenvalue weighted by Gasteiger charge is -2.30. The number of carbonyl (C=O) groups excluding carboxylic acids is 4. The third-order valence-corrected chi connectivity index (χ3v) is 15.8. The summed E-state index contributed by atoms with van der Waals surface area (Å²) in [7, 11) is 3.54. The molecule has 4 aromatic rings. The van der Waals surface area contributed by atoms with Gasteiger partial charge in [-0.25, -0.2) is 14.8 Å². The highest BCUT2D eigenvalue weighted by atomic mass is 32.1. The standard InChI is InChI=1S/C54H78N8O6S2/c1-39(2)52-56-46(37-69-52)35-59(5)50(64)34-44(19-21-61-23-27-67-28-24-61)51(65)55-45(32-42-15-11-8-12-16-42)18-17-43(31-41-13-9-7-10-14-41)33-49(63)48(20-22-62-25-29-68-30-26-62)58-54(66)60(6)36-47-38-70-53(57-47)40(3)4/h7-16,37-40,43-45,48H,17-36H2,1-6H3,(H,55,65)(H,58,66)/t43-,44-,45-,48+/m1/s1. The van der Waals surface area contributed by atoms with Crippen LogP contribution >= 0.6 is 22.7 Å². The summed E-state index contributed by atoms with van der Waals surface area (Å²) in [5, 5.41) is 12.7. The molecule has 0 radical (unpaired) electrons. The fourth-order valence-electron chi connectivity index (χ4n) is 9.06. The number of rotatable bonds is 27. The maximum atomic E-state index is 14.7. The Bertz CT molecular complexity index is 2040. The number of hydrogen-bond donors (Lipinski definition) is 2. The molecule has 2 aromatic carbocycles. The lowest BCUT2D eigenvalue weighted by Crippen LogP contribution is -2.49. The molecule has 382 valence electrons. The molecule has 0 spiro atoms. The number of ether oxygens (including phenoxy) is 2. The molecular weight excluding hydrogens is 921 g/mol. The van der Waals surface area contributed by atoms with E-state index < -0.39 is 12.0 Å². The molecule has 4 heterocycles. The van der Waals surface area contributed by atoms with Gasteiger partial charge < -0.3 is 29.9 Å². The second-order valence-corrected chi connectivity index (χ2v) is 21.6. The number of hydrogen-bond acceptors (Lipinski definition) is 12. The Hall–Kier alpha value is -4.58. The number of nitrogens with one attached hydrogen (secondary N) is 2. The van der Waals surface area contributed by atoms with Crippen LogP contribution in [-0.2, 0) is 49.8 Å². The lowest BCUT2D eigenvalue weighted by atomic mass is 9.86. The molecule has 2 fully saturated rings. The molecule has 2 aliphatic rings. The quantitative estimate of drug-likeness (QED) is 0.0607. The maximum Gasteiger partial charge on any atom is 0.318 e. The zero-order valence-electron chi connectivity index (χ0n) is 42.5. The van der Waals surface area contributed by atoms with Crippen LogP contribution in [0.2, 0.25) is 0 Å². The largest absolute Gasteiger partial charge is 0.379 e. The molecule has 2 aliphatic heterocycles. The molecule has 14 nitrogen and oxygen atoms in total. The van der Waals surface area contributed by atoms with Gasteiger partial charge in [0.2, 0.25) is 11.8 Å². The first-order valence-corrected chi connectivity index (χ1v) is 27.2. The van der Waals surface area contributed by atoms with Crippen LogP contribution in [0.3, 0.4) is 0 Å². The summed E-state index contributed by atoms with van der Waals surface area (Å²) in [5.74, 6) is -0.211. The SMILES string of the molecule is CC(C)c1nc(CN(C)C(=O)C[C@@H](CCN2CCOCC2)C(=O)N[C@H](CC[C@@H](CC(=O)[C@H](CCN2CCOCC2)NC(=O)N(C)Cc2csc(C(C)C)n2)Cc2ccccc2)Cc2ccccc2)cs1. The summed E-state index contributed by atoms with van der Waals surface area (Å²) < 4.78 is 11.2. The van der Waals surface area contributed by atoms with Crippen molar-refractivity contribution in [2.45, 2.75) is 116 Å². The number of morpholine rings is 2. The minimum atomic E-state index is -0.687. The first kappa shape index (κ1) is 54.7. The second-order valence-electron chi connectivity index (χ2n) is 19.9. The van der Waals surface area contributed by atoms with Crippen molar-refractivity contribution in [3.63, 3.8) is 0 Å². The van der Waals surface area contributed by atoms with E-state index >= 15 is 0 Å². The molecular formula is C54H78N8O6S2. The van der Waals surface area contributed by atoms with E-state index in [4.69, 9.17) is 19.4 Å². The zero-order valence-corrected chi connectivity index (χ0v) is 44.1. The van der Waals surface area contributed by atoms with Crippen LogP contribution < -0.4 is 10.6 Å². The van der Waals surface area contributed by atoms with E-state index in [0.29, 0.717) is 103 Å². The van der Waals surface area contributed by atoms with E-state index in [1.165, 1.54) is 0 Å². The predicted octanol–water partition coefficient (Wildman–Crippen LogP) is 7.79. The number of urea groups is 1. The third-order valence-electron chi connectivity index (χ3n) is 13.4. The van der Waals surface area contributed by atoms with Gasteiger partial charge in [-0.05, 0) is 62.1 Å². The lowest BCUT2D eigenvalue weighted by molar-refractivity contribution is -0.136. The van der Waals surface area contributed by atoms with Crippen molar-refractivity contribution >= 4 is 46.3 Å². The fraction of sp³-hybridized carbons (Fsp3) is 0.593. The summed E-state index contributed by atoms with van der Waals surface area (Å²) in [6, 6.07) is 19.2. The van der Waals surface area contributed by atoms with Crippen molar-refractivity contribution in [3.8, 4) is 0 Å². The number of carbonyl (C=O) groups is 4. The predicted molar refractivity (Wildman–Crippen MR) is 279 cm³/mol. The fourth-order valence-corrected chi connectivity index (χ4v) is 10.7. The summed E-state index contributed by atoms with van der Waals surface area (Å²) in [6.07, 6.45) is 3.94. The van der Waals surface area contributed by atoms with E-state index in [1.54, 1.807) is 46.6 Å². The molecule has 0 bridgehead atoms. The normalized spacial score (nSPS) is 16.4. The first-order chi connectivity index (χ1) is 33.8. The van der Waals surface area contributed by atoms with Crippen LogP contribution in [0.4, 0.5) is 4.79 Å². The molecule has 6 rings (SSSR count). The number of benzene rings is 2. The molecule has 2 saturated heterocycles. The van der Waals surface area contributed by atoms with Crippen LogP contribution in [0, 0.1) is 11.8 Å². The summed E-state index contributed by atoms with van der Waals surface area (Å²) >= 11 is 3.21. The van der Waals surface area contributed by atoms with E-state index in [-0.39, 0.29) is 48.4 Å². The third kappa shape index (κ3) is 18.2. The monoisotopic (exact) mass is 999 g/mol. The minimum absolute atomic E-state index is 0.000715. The van der Waals surface area contributed by atoms with Crippen molar-refractivity contribution in [2.75, 3.05) is 79.8 Å². The van der Waals surface area contributed by atoms with Gasteiger partial charge in [-0.15, -0.1) is 22.7 Å². The van der Waals surface area contributed by atoms with Crippen LogP contribution in [0.5, 0.6) is 0 Å². The van der Waals surface area contributed by atoms with E-state index in [1.807, 2.05) is 47.2 Å². The highest BCUT2D eigenvalue weighted by Crippen LogP contribution is 2.25. The Balaban J connectivity index is 1.18. The molecule has 0 unspecified atom stereocenters.